The Morgan fingerprint density at radius 3 is 2.24 bits per heavy atom. The highest BCUT2D eigenvalue weighted by atomic mass is 32.2. The topological polar surface area (TPSA) is 97.3 Å². The Morgan fingerprint density at radius 2 is 1.42 bits per heavy atom. The lowest BCUT2D eigenvalue weighted by molar-refractivity contribution is 0.0941. The summed E-state index contributed by atoms with van der Waals surface area (Å²) in [6.45, 7) is 2.35. The zero-order valence-electron chi connectivity index (χ0n) is 21.1. The number of hydrogen-bond donors (Lipinski definition) is 2. The average Bonchev–Trinajstić information content (AvgIpc) is 3.26. The van der Waals surface area contributed by atoms with Crippen molar-refractivity contribution >= 4 is 54.4 Å². The number of fused-ring (bicyclic) bond motifs is 4. The quantitative estimate of drug-likeness (QED) is 0.248. The van der Waals surface area contributed by atoms with Gasteiger partial charge in [0.1, 0.15) is 0 Å². The van der Waals surface area contributed by atoms with Crippen LogP contribution in [0.3, 0.4) is 0 Å². The van der Waals surface area contributed by atoms with Crippen LogP contribution >= 0.6 is 0 Å². The lowest BCUT2D eigenvalue weighted by Gasteiger charge is -2.10. The first-order valence-corrected chi connectivity index (χ1v) is 14.1. The Labute approximate surface area is 221 Å². The molecule has 1 amide bonds. The van der Waals surface area contributed by atoms with E-state index in [1.165, 1.54) is 6.92 Å². The van der Waals surface area contributed by atoms with Crippen LogP contribution in [0.5, 0.6) is 0 Å². The number of benzene rings is 4. The molecular formula is C30H29N3O4S. The van der Waals surface area contributed by atoms with Gasteiger partial charge >= 0.3 is 0 Å². The number of aromatic nitrogens is 1. The Morgan fingerprint density at radius 1 is 0.737 bits per heavy atom. The fraction of sp³-hybridized carbons (Fsp3) is 0.200. The second-order valence-corrected chi connectivity index (χ2v) is 11.0. The van der Waals surface area contributed by atoms with E-state index in [9.17, 15) is 18.0 Å². The lowest BCUT2D eigenvalue weighted by Crippen LogP contribution is -2.26. The molecule has 0 unspecified atom stereocenters. The minimum Gasteiger partial charge on any atom is -0.352 e. The SMILES string of the molecule is CC(=O)n1c2ccccc2c2cc(C(=O)NCCCCCNS(=O)(=O)c3cccc4ccccc34)ccc21. The Bertz CT molecular complexity index is 1770. The van der Waals surface area contributed by atoms with Gasteiger partial charge in [0.05, 0.1) is 15.9 Å². The van der Waals surface area contributed by atoms with Crippen LogP contribution < -0.4 is 10.0 Å². The van der Waals surface area contributed by atoms with Gasteiger partial charge in [0.25, 0.3) is 5.91 Å². The minimum absolute atomic E-state index is 0.0761. The fourth-order valence-electron chi connectivity index (χ4n) is 4.90. The Hall–Kier alpha value is -4.01. The van der Waals surface area contributed by atoms with Crippen LogP contribution in [0.15, 0.2) is 89.8 Å². The molecule has 4 aromatic carbocycles. The average molecular weight is 528 g/mol. The molecule has 0 bridgehead atoms. The lowest BCUT2D eigenvalue weighted by atomic mass is 10.1. The van der Waals surface area contributed by atoms with Crippen molar-refractivity contribution in [2.45, 2.75) is 31.1 Å². The van der Waals surface area contributed by atoms with Crippen LogP contribution in [0.2, 0.25) is 0 Å². The summed E-state index contributed by atoms with van der Waals surface area (Å²) in [5.41, 5.74) is 2.14. The maximum absolute atomic E-state index is 12.8. The van der Waals surface area contributed by atoms with Gasteiger partial charge in [-0.05, 0) is 48.6 Å². The number of carbonyl (C=O) groups is 2. The summed E-state index contributed by atoms with van der Waals surface area (Å²) in [5.74, 6) is -0.254. The van der Waals surface area contributed by atoms with E-state index in [0.29, 0.717) is 30.5 Å². The maximum Gasteiger partial charge on any atom is 0.251 e. The predicted molar refractivity (Wildman–Crippen MR) is 151 cm³/mol. The summed E-state index contributed by atoms with van der Waals surface area (Å²) in [4.78, 5) is 25.3. The maximum atomic E-state index is 12.8. The molecule has 0 aliphatic carbocycles. The number of rotatable bonds is 9. The van der Waals surface area contributed by atoms with Crippen molar-refractivity contribution in [3.05, 3.63) is 90.5 Å². The number of sulfonamides is 1. The van der Waals surface area contributed by atoms with E-state index >= 15 is 0 Å². The second kappa shape index (κ2) is 10.8. The van der Waals surface area contributed by atoms with E-state index in [1.807, 2.05) is 66.7 Å². The molecule has 2 N–H and O–H groups in total. The summed E-state index contributed by atoms with van der Waals surface area (Å²) in [6, 6.07) is 25.7. The highest BCUT2D eigenvalue weighted by Crippen LogP contribution is 2.29. The van der Waals surface area contributed by atoms with Crippen LogP contribution in [-0.2, 0) is 10.0 Å². The van der Waals surface area contributed by atoms with Gasteiger partial charge in [-0.3, -0.25) is 14.2 Å². The molecule has 8 heteroatoms. The van der Waals surface area contributed by atoms with Crippen LogP contribution in [0.25, 0.3) is 32.6 Å². The Balaban J connectivity index is 1.13. The normalized spacial score (nSPS) is 11.8. The van der Waals surface area contributed by atoms with Gasteiger partial charge in [-0.1, -0.05) is 61.0 Å². The number of amides is 1. The van der Waals surface area contributed by atoms with Crippen LogP contribution in [-0.4, -0.2) is 37.9 Å². The molecule has 38 heavy (non-hydrogen) atoms. The van der Waals surface area contributed by atoms with Gasteiger partial charge in [-0.15, -0.1) is 0 Å². The van der Waals surface area contributed by atoms with Crippen molar-refractivity contribution in [1.29, 1.82) is 0 Å². The fourth-order valence-corrected chi connectivity index (χ4v) is 6.20. The van der Waals surface area contributed by atoms with Crippen molar-refractivity contribution in [2.75, 3.05) is 13.1 Å². The number of unbranched alkanes of at least 4 members (excludes halogenated alkanes) is 2. The molecule has 0 aliphatic heterocycles. The molecule has 1 heterocycles. The molecule has 0 spiro atoms. The van der Waals surface area contributed by atoms with E-state index in [0.717, 1.165) is 40.0 Å². The van der Waals surface area contributed by atoms with E-state index < -0.39 is 10.0 Å². The third-order valence-corrected chi connectivity index (χ3v) is 8.24. The second-order valence-electron chi connectivity index (χ2n) is 9.30. The first kappa shape index (κ1) is 25.6. The van der Waals surface area contributed by atoms with Crippen molar-refractivity contribution in [1.82, 2.24) is 14.6 Å². The molecule has 0 radical (unpaired) electrons. The highest BCUT2D eigenvalue weighted by Gasteiger charge is 2.17. The highest BCUT2D eigenvalue weighted by molar-refractivity contribution is 7.89. The molecule has 0 aliphatic rings. The molecule has 0 saturated carbocycles. The third kappa shape index (κ3) is 5.05. The summed E-state index contributed by atoms with van der Waals surface area (Å²) in [6.07, 6.45) is 2.16. The zero-order valence-corrected chi connectivity index (χ0v) is 21.9. The summed E-state index contributed by atoms with van der Waals surface area (Å²) >= 11 is 0. The number of nitrogens with zero attached hydrogens (tertiary/aromatic N) is 1. The molecular weight excluding hydrogens is 498 g/mol. The Kier molecular flexibility index (Phi) is 7.26. The van der Waals surface area contributed by atoms with Crippen molar-refractivity contribution in [3.8, 4) is 0 Å². The summed E-state index contributed by atoms with van der Waals surface area (Å²) in [5, 5.41) is 6.32. The van der Waals surface area contributed by atoms with Crippen molar-refractivity contribution in [3.63, 3.8) is 0 Å². The van der Waals surface area contributed by atoms with Crippen molar-refractivity contribution in [2.24, 2.45) is 0 Å². The van der Waals surface area contributed by atoms with Gasteiger partial charge in [-0.25, -0.2) is 13.1 Å². The standard InChI is InChI=1S/C30H29N3O4S/c1-21(34)33-27-14-6-5-13-25(27)26-20-23(16-17-28(26)33)30(35)31-18-7-2-8-19-32-38(36,37)29-15-9-11-22-10-3-4-12-24(22)29/h3-6,9-17,20,32H,2,7-8,18-19H2,1H3,(H,31,35). The van der Waals surface area contributed by atoms with Gasteiger partial charge in [0.15, 0.2) is 0 Å². The van der Waals surface area contributed by atoms with E-state index in [2.05, 4.69) is 10.0 Å². The zero-order chi connectivity index (χ0) is 26.7. The summed E-state index contributed by atoms with van der Waals surface area (Å²) in [7, 11) is -3.61. The monoisotopic (exact) mass is 527 g/mol. The molecule has 0 atom stereocenters. The number of para-hydroxylation sites is 1. The van der Waals surface area contributed by atoms with E-state index in [4.69, 9.17) is 0 Å². The first-order chi connectivity index (χ1) is 18.4. The molecule has 5 aromatic rings. The smallest absolute Gasteiger partial charge is 0.251 e. The van der Waals surface area contributed by atoms with Gasteiger partial charge < -0.3 is 5.32 Å². The van der Waals surface area contributed by atoms with Gasteiger partial charge in [0, 0.05) is 41.7 Å². The van der Waals surface area contributed by atoms with Gasteiger partial charge in [-0.2, -0.15) is 0 Å². The molecule has 7 nitrogen and oxygen atoms in total. The van der Waals surface area contributed by atoms with Crippen molar-refractivity contribution < 1.29 is 18.0 Å². The number of nitrogens with one attached hydrogen (secondary N) is 2. The predicted octanol–water partition coefficient (Wildman–Crippen LogP) is 5.49. The molecule has 0 fully saturated rings. The van der Waals surface area contributed by atoms with Crippen LogP contribution in [0.4, 0.5) is 0 Å². The molecule has 194 valence electrons. The van der Waals surface area contributed by atoms with E-state index in [1.54, 1.807) is 22.8 Å². The molecule has 1 aromatic heterocycles. The van der Waals surface area contributed by atoms with Crippen LogP contribution in [0, 0.1) is 0 Å². The number of carbonyl (C=O) groups excluding carboxylic acids is 2. The van der Waals surface area contributed by atoms with Crippen LogP contribution in [0.1, 0.15) is 41.3 Å². The third-order valence-electron chi connectivity index (χ3n) is 6.72. The summed E-state index contributed by atoms with van der Waals surface area (Å²) < 4.78 is 30.0. The molecule has 0 saturated heterocycles. The molecule has 5 rings (SSSR count). The van der Waals surface area contributed by atoms with Gasteiger partial charge in [0.2, 0.25) is 15.9 Å². The number of hydrogen-bond acceptors (Lipinski definition) is 4. The largest absolute Gasteiger partial charge is 0.352 e. The minimum atomic E-state index is -3.61. The van der Waals surface area contributed by atoms with E-state index in [-0.39, 0.29) is 16.7 Å². The first-order valence-electron chi connectivity index (χ1n) is 12.7.